The lowest BCUT2D eigenvalue weighted by Crippen LogP contribution is -2.48. The first-order valence-electron chi connectivity index (χ1n) is 16.7. The van der Waals surface area contributed by atoms with Crippen molar-refractivity contribution < 1.29 is 23.9 Å². The molecule has 3 amide bonds. The van der Waals surface area contributed by atoms with Crippen molar-refractivity contribution in [2.75, 3.05) is 30.5 Å². The van der Waals surface area contributed by atoms with Crippen molar-refractivity contribution in [1.29, 1.82) is 0 Å². The molecule has 0 radical (unpaired) electrons. The monoisotopic (exact) mass is 657 g/mol. The molecule has 3 N–H and O–H groups in total. The smallest absolute Gasteiger partial charge is 0.413 e. The van der Waals surface area contributed by atoms with Gasteiger partial charge in [0.15, 0.2) is 0 Å². The lowest BCUT2D eigenvalue weighted by Gasteiger charge is -2.35. The second-order valence-electron chi connectivity index (χ2n) is 13.6. The zero-order chi connectivity index (χ0) is 34.4. The zero-order valence-corrected chi connectivity index (χ0v) is 28.7. The highest BCUT2D eigenvalue weighted by Gasteiger charge is 2.46. The molecule has 1 unspecified atom stereocenters. The number of carbonyl (C=O) groups excluding carboxylic acids is 3. The van der Waals surface area contributed by atoms with Gasteiger partial charge in [-0.25, -0.2) is 19.7 Å². The second kappa shape index (κ2) is 15.1. The predicted molar refractivity (Wildman–Crippen MR) is 184 cm³/mol. The van der Waals surface area contributed by atoms with Crippen LogP contribution in [0.25, 0.3) is 11.1 Å². The average molecular weight is 658 g/mol. The summed E-state index contributed by atoms with van der Waals surface area (Å²) in [5.74, 6) is 1.90. The molecule has 2 aromatic heterocycles. The number of nitrogens with zero attached hydrogens (tertiary/aromatic N) is 4. The number of carbonyl (C=O) groups is 3. The van der Waals surface area contributed by atoms with Crippen molar-refractivity contribution in [3.63, 3.8) is 0 Å². The van der Waals surface area contributed by atoms with Crippen LogP contribution in [0.4, 0.5) is 16.4 Å². The molecule has 48 heavy (non-hydrogen) atoms. The number of ether oxygens (including phenoxy) is 2. The number of aromatic nitrogens is 3. The maximum Gasteiger partial charge on any atom is 0.413 e. The summed E-state index contributed by atoms with van der Waals surface area (Å²) in [5.41, 5.74) is 2.30. The highest BCUT2D eigenvalue weighted by Crippen LogP contribution is 2.42. The Morgan fingerprint density at radius 3 is 2.44 bits per heavy atom. The topological polar surface area (TPSA) is 148 Å². The van der Waals surface area contributed by atoms with Crippen LogP contribution in [0.1, 0.15) is 87.7 Å². The number of hydrogen-bond donors (Lipinski definition) is 3. The van der Waals surface area contributed by atoms with Gasteiger partial charge in [0.2, 0.25) is 5.91 Å². The molecule has 3 aromatic rings. The van der Waals surface area contributed by atoms with Crippen LogP contribution in [-0.2, 0) is 14.3 Å². The number of fused-ring (bicyclic) bond motifs is 1. The number of methoxy groups -OCH3 is 1. The van der Waals surface area contributed by atoms with Crippen molar-refractivity contribution in [3.05, 3.63) is 65.7 Å². The van der Waals surface area contributed by atoms with Crippen molar-refractivity contribution in [2.24, 2.45) is 5.92 Å². The van der Waals surface area contributed by atoms with Crippen molar-refractivity contribution in [3.8, 4) is 11.1 Å². The van der Waals surface area contributed by atoms with Gasteiger partial charge in [-0.3, -0.25) is 14.9 Å². The third-order valence-corrected chi connectivity index (χ3v) is 8.77. The van der Waals surface area contributed by atoms with Gasteiger partial charge >= 0.3 is 6.09 Å². The van der Waals surface area contributed by atoms with Crippen LogP contribution in [0.2, 0.25) is 0 Å². The lowest BCUT2D eigenvalue weighted by atomic mass is 9.84. The van der Waals surface area contributed by atoms with E-state index in [-0.39, 0.29) is 23.9 Å². The Kier molecular flexibility index (Phi) is 10.9. The highest BCUT2D eigenvalue weighted by molar-refractivity contribution is 5.95. The average Bonchev–Trinajstić information content (AvgIpc) is 3.44. The normalized spacial score (nSPS) is 19.6. The van der Waals surface area contributed by atoms with Crippen molar-refractivity contribution in [2.45, 2.75) is 90.4 Å². The Bertz CT molecular complexity index is 1590. The van der Waals surface area contributed by atoms with E-state index in [1.807, 2.05) is 38.1 Å². The first-order chi connectivity index (χ1) is 22.9. The van der Waals surface area contributed by atoms with Crippen LogP contribution in [0, 0.1) is 12.8 Å². The highest BCUT2D eigenvalue weighted by atomic mass is 16.6. The summed E-state index contributed by atoms with van der Waals surface area (Å²) in [4.78, 5) is 54.7. The van der Waals surface area contributed by atoms with E-state index in [4.69, 9.17) is 14.5 Å². The van der Waals surface area contributed by atoms with Crippen molar-refractivity contribution in [1.82, 2.24) is 25.6 Å². The number of nitrogens with one attached hydrogen (secondary N) is 3. The zero-order valence-electron chi connectivity index (χ0n) is 28.7. The Labute approximate surface area is 282 Å². The van der Waals surface area contributed by atoms with E-state index in [9.17, 15) is 14.4 Å². The summed E-state index contributed by atoms with van der Waals surface area (Å²) >= 11 is 0. The largest absolute Gasteiger partial charge is 0.444 e. The summed E-state index contributed by atoms with van der Waals surface area (Å²) in [7, 11) is 1.62. The SMILES string of the molecule is COCCNC(=O)[C@@H]1C[C@@H]2CCCC[C@@H]2N1c1cc(C(C)NC(=O)c2ccc(-c3ccc(NC(=O)OC(C)(C)C)nc3)cc2)nc(C)n1. The summed E-state index contributed by atoms with van der Waals surface area (Å²) in [6.07, 6.45) is 6.33. The molecule has 1 aromatic carbocycles. The van der Waals surface area contributed by atoms with Gasteiger partial charge in [0, 0.05) is 43.1 Å². The molecule has 256 valence electrons. The van der Waals surface area contributed by atoms with E-state index in [1.165, 1.54) is 6.42 Å². The van der Waals surface area contributed by atoms with E-state index < -0.39 is 17.7 Å². The molecule has 2 fully saturated rings. The molecule has 12 nitrogen and oxygen atoms in total. The number of hydrogen-bond acceptors (Lipinski definition) is 9. The number of aryl methyl sites for hydroxylation is 1. The van der Waals surface area contributed by atoms with Crippen LogP contribution in [0.5, 0.6) is 0 Å². The van der Waals surface area contributed by atoms with E-state index in [0.717, 1.165) is 42.6 Å². The van der Waals surface area contributed by atoms with Crippen LogP contribution < -0.4 is 20.9 Å². The summed E-state index contributed by atoms with van der Waals surface area (Å²) in [6, 6.07) is 12.2. The van der Waals surface area contributed by atoms with Gasteiger partial charge in [0.05, 0.1) is 18.3 Å². The Balaban J connectivity index is 1.26. The number of pyridine rings is 1. The fraction of sp³-hybridized carbons (Fsp3) is 0.500. The number of benzene rings is 1. The second-order valence-corrected chi connectivity index (χ2v) is 13.6. The number of anilines is 2. The van der Waals surface area contributed by atoms with E-state index in [1.54, 1.807) is 52.3 Å². The first kappa shape index (κ1) is 34.7. The van der Waals surface area contributed by atoms with Gasteiger partial charge in [-0.05, 0) is 89.6 Å². The molecular weight excluding hydrogens is 610 g/mol. The fourth-order valence-corrected chi connectivity index (χ4v) is 6.56. The predicted octanol–water partition coefficient (Wildman–Crippen LogP) is 5.59. The van der Waals surface area contributed by atoms with Gasteiger partial charge < -0.3 is 25.0 Å². The lowest BCUT2D eigenvalue weighted by molar-refractivity contribution is -0.122. The van der Waals surface area contributed by atoms with Crippen LogP contribution in [0.15, 0.2) is 48.7 Å². The third-order valence-electron chi connectivity index (χ3n) is 8.77. The molecule has 12 heteroatoms. The Hall–Kier alpha value is -4.58. The summed E-state index contributed by atoms with van der Waals surface area (Å²) in [5, 5.41) is 8.73. The van der Waals surface area contributed by atoms with Crippen LogP contribution >= 0.6 is 0 Å². The molecule has 4 atom stereocenters. The maximum absolute atomic E-state index is 13.3. The van der Waals surface area contributed by atoms with Crippen molar-refractivity contribution >= 4 is 29.5 Å². The molecule has 2 aliphatic rings. The summed E-state index contributed by atoms with van der Waals surface area (Å²) in [6.45, 7) is 10.1. The van der Waals surface area contributed by atoms with Gasteiger partial charge in [-0.15, -0.1) is 0 Å². The third kappa shape index (κ3) is 8.66. The minimum atomic E-state index is -0.605. The minimum absolute atomic E-state index is 0.00625. The molecule has 3 heterocycles. The molecule has 5 rings (SSSR count). The first-order valence-corrected chi connectivity index (χ1v) is 16.7. The van der Waals surface area contributed by atoms with Crippen LogP contribution in [0.3, 0.4) is 0 Å². The number of rotatable bonds is 10. The van der Waals surface area contributed by atoms with Gasteiger partial charge in [-0.2, -0.15) is 0 Å². The maximum atomic E-state index is 13.3. The standard InChI is InChI=1S/C36H47N7O5/c1-22(39-33(44)25-13-11-24(12-14-25)27-15-16-31(38-21-27)42-35(46)48-36(3,4)5)28-20-32(41-23(2)40-28)43-29-10-8-7-9-26(29)19-30(43)34(45)37-17-18-47-6/h11-16,20-22,26,29-30H,7-10,17-19H2,1-6H3,(H,37,45)(H,39,44)(H,38,42,46)/t22?,26-,29-,30-/m0/s1. The molecule has 1 saturated heterocycles. The van der Waals surface area contributed by atoms with Gasteiger partial charge in [0.25, 0.3) is 5.91 Å². The van der Waals surface area contributed by atoms with E-state index >= 15 is 0 Å². The Morgan fingerprint density at radius 2 is 1.75 bits per heavy atom. The number of amides is 3. The molecule has 1 saturated carbocycles. The fourth-order valence-electron chi connectivity index (χ4n) is 6.56. The van der Waals surface area contributed by atoms with Gasteiger partial charge in [0.1, 0.15) is 29.1 Å². The van der Waals surface area contributed by atoms with E-state index in [2.05, 4.69) is 30.8 Å². The molecule has 1 aliphatic heterocycles. The van der Waals surface area contributed by atoms with Gasteiger partial charge in [-0.1, -0.05) is 25.0 Å². The molecule has 0 spiro atoms. The molecule has 1 aliphatic carbocycles. The van der Waals surface area contributed by atoms with Crippen LogP contribution in [-0.4, -0.2) is 70.8 Å². The minimum Gasteiger partial charge on any atom is -0.444 e. The quantitative estimate of drug-likeness (QED) is 0.238. The molecule has 0 bridgehead atoms. The molecular formula is C36H47N7O5. The summed E-state index contributed by atoms with van der Waals surface area (Å²) < 4.78 is 10.4. The Morgan fingerprint density at radius 1 is 1.02 bits per heavy atom. The van der Waals surface area contributed by atoms with E-state index in [0.29, 0.717) is 42.0 Å².